The Morgan fingerprint density at radius 1 is 1.22 bits per heavy atom. The van der Waals surface area contributed by atoms with Gasteiger partial charge in [0.05, 0.1) is 12.7 Å². The maximum absolute atomic E-state index is 11.8. The fourth-order valence-electron chi connectivity index (χ4n) is 1.43. The van der Waals surface area contributed by atoms with Crippen molar-refractivity contribution in [2.45, 2.75) is 26.2 Å². The van der Waals surface area contributed by atoms with Crippen LogP contribution in [0.4, 0.5) is 0 Å². The van der Waals surface area contributed by atoms with Gasteiger partial charge in [0.1, 0.15) is 5.75 Å². The molecule has 1 aromatic rings. The van der Waals surface area contributed by atoms with Crippen molar-refractivity contribution in [3.63, 3.8) is 0 Å². The summed E-state index contributed by atoms with van der Waals surface area (Å²) in [5, 5.41) is 0. The van der Waals surface area contributed by atoms with Gasteiger partial charge in [-0.2, -0.15) is 0 Å². The molecule has 2 N–H and O–H groups in total. The smallest absolute Gasteiger partial charge is 0.273 e. The Morgan fingerprint density at radius 2 is 1.94 bits per heavy atom. The summed E-state index contributed by atoms with van der Waals surface area (Å²) in [6.45, 7) is 2.00. The van der Waals surface area contributed by atoms with Crippen LogP contribution in [0.5, 0.6) is 5.75 Å². The van der Waals surface area contributed by atoms with Crippen LogP contribution in [0.15, 0.2) is 24.3 Å². The highest BCUT2D eigenvalue weighted by molar-refractivity contribution is 5.97. The normalized spacial score (nSPS) is 9.67. The topological polar surface area (TPSA) is 67.4 Å². The molecule has 0 bridgehead atoms. The summed E-state index contributed by atoms with van der Waals surface area (Å²) in [5.74, 6) is -0.116. The lowest BCUT2D eigenvalue weighted by molar-refractivity contribution is -0.121. The van der Waals surface area contributed by atoms with Gasteiger partial charge in [0.25, 0.3) is 5.91 Å². The first-order chi connectivity index (χ1) is 8.69. The van der Waals surface area contributed by atoms with Crippen molar-refractivity contribution in [2.75, 3.05) is 7.11 Å². The molecule has 1 rings (SSSR count). The van der Waals surface area contributed by atoms with Gasteiger partial charge in [-0.3, -0.25) is 20.4 Å². The maximum atomic E-state index is 11.8. The van der Waals surface area contributed by atoms with E-state index in [-0.39, 0.29) is 5.91 Å². The molecule has 0 fully saturated rings. The standard InChI is InChI=1S/C13H18N2O3/c1-3-4-9-12(16)14-15-13(17)10-7-5-6-8-11(10)18-2/h5-8H,3-4,9H2,1-2H3,(H,14,16)(H,15,17). The zero-order valence-corrected chi connectivity index (χ0v) is 10.7. The van der Waals surface area contributed by atoms with Gasteiger partial charge in [-0.25, -0.2) is 0 Å². The minimum absolute atomic E-state index is 0.194. The summed E-state index contributed by atoms with van der Waals surface area (Å²) in [5.41, 5.74) is 5.12. The molecule has 0 aliphatic carbocycles. The van der Waals surface area contributed by atoms with Gasteiger partial charge in [0.2, 0.25) is 5.91 Å². The first-order valence-corrected chi connectivity index (χ1v) is 5.91. The fraction of sp³-hybridized carbons (Fsp3) is 0.385. The zero-order valence-electron chi connectivity index (χ0n) is 10.7. The predicted molar refractivity (Wildman–Crippen MR) is 68.1 cm³/mol. The number of amides is 2. The van der Waals surface area contributed by atoms with Gasteiger partial charge in [0, 0.05) is 6.42 Å². The Bertz CT molecular complexity index is 418. The molecule has 0 aliphatic heterocycles. The van der Waals surface area contributed by atoms with Crippen LogP contribution in [-0.2, 0) is 4.79 Å². The van der Waals surface area contributed by atoms with E-state index in [0.717, 1.165) is 12.8 Å². The fourth-order valence-corrected chi connectivity index (χ4v) is 1.43. The number of carbonyl (C=O) groups is 2. The summed E-state index contributed by atoms with van der Waals surface area (Å²) < 4.78 is 5.06. The maximum Gasteiger partial charge on any atom is 0.273 e. The Hall–Kier alpha value is -2.04. The van der Waals surface area contributed by atoms with Crippen molar-refractivity contribution in [3.05, 3.63) is 29.8 Å². The molecule has 0 saturated heterocycles. The number of ether oxygens (including phenoxy) is 1. The molecule has 2 amide bonds. The Balaban J connectivity index is 2.52. The second kappa shape index (κ2) is 7.32. The number of carbonyl (C=O) groups excluding carboxylic acids is 2. The van der Waals surface area contributed by atoms with Crippen molar-refractivity contribution in [1.29, 1.82) is 0 Å². The van der Waals surface area contributed by atoms with Gasteiger partial charge in [0.15, 0.2) is 0 Å². The number of hydrogen-bond donors (Lipinski definition) is 2. The molecule has 5 nitrogen and oxygen atoms in total. The van der Waals surface area contributed by atoms with Crippen molar-refractivity contribution in [3.8, 4) is 5.75 Å². The quantitative estimate of drug-likeness (QED) is 0.781. The van der Waals surface area contributed by atoms with Gasteiger partial charge >= 0.3 is 0 Å². The highest BCUT2D eigenvalue weighted by Gasteiger charge is 2.11. The average molecular weight is 250 g/mol. The van der Waals surface area contributed by atoms with Gasteiger partial charge < -0.3 is 4.74 Å². The predicted octanol–water partition coefficient (Wildman–Crippen LogP) is 1.65. The van der Waals surface area contributed by atoms with E-state index in [1.165, 1.54) is 7.11 Å². The van der Waals surface area contributed by atoms with Crippen molar-refractivity contribution >= 4 is 11.8 Å². The van der Waals surface area contributed by atoms with Crippen LogP contribution in [0, 0.1) is 0 Å². The third-order valence-electron chi connectivity index (χ3n) is 2.42. The summed E-state index contributed by atoms with van der Waals surface area (Å²) >= 11 is 0. The number of benzene rings is 1. The van der Waals surface area contributed by atoms with E-state index in [2.05, 4.69) is 10.9 Å². The second-order valence-electron chi connectivity index (χ2n) is 3.81. The monoisotopic (exact) mass is 250 g/mol. The molecule has 0 heterocycles. The number of rotatable bonds is 5. The lowest BCUT2D eigenvalue weighted by Gasteiger charge is -2.09. The van der Waals surface area contributed by atoms with Crippen LogP contribution < -0.4 is 15.6 Å². The van der Waals surface area contributed by atoms with Gasteiger partial charge in [-0.1, -0.05) is 25.5 Å². The number of nitrogens with one attached hydrogen (secondary N) is 2. The Labute approximate surface area is 106 Å². The lowest BCUT2D eigenvalue weighted by atomic mass is 10.2. The second-order valence-corrected chi connectivity index (χ2v) is 3.81. The molecule has 0 unspecified atom stereocenters. The molecule has 5 heteroatoms. The van der Waals surface area contributed by atoms with Crippen LogP contribution in [0.3, 0.4) is 0 Å². The zero-order chi connectivity index (χ0) is 13.4. The first-order valence-electron chi connectivity index (χ1n) is 5.91. The van der Waals surface area contributed by atoms with Crippen LogP contribution >= 0.6 is 0 Å². The summed E-state index contributed by atoms with van der Waals surface area (Å²) in [6.07, 6.45) is 2.15. The van der Waals surface area contributed by atoms with E-state index in [0.29, 0.717) is 17.7 Å². The number of unbranched alkanes of at least 4 members (excludes halogenated alkanes) is 1. The molecule has 0 atom stereocenters. The SMILES string of the molecule is CCCCC(=O)NNC(=O)c1ccccc1OC. The number of hydrogen-bond acceptors (Lipinski definition) is 3. The molecule has 1 aromatic carbocycles. The Morgan fingerprint density at radius 3 is 2.61 bits per heavy atom. The van der Waals surface area contributed by atoms with Crippen molar-refractivity contribution in [1.82, 2.24) is 10.9 Å². The largest absolute Gasteiger partial charge is 0.496 e. The van der Waals surface area contributed by atoms with E-state index < -0.39 is 5.91 Å². The van der Waals surface area contributed by atoms with Gasteiger partial charge in [-0.15, -0.1) is 0 Å². The van der Waals surface area contributed by atoms with Gasteiger partial charge in [-0.05, 0) is 18.6 Å². The average Bonchev–Trinajstić information content (AvgIpc) is 2.42. The lowest BCUT2D eigenvalue weighted by Crippen LogP contribution is -2.41. The number of methoxy groups -OCH3 is 1. The van der Waals surface area contributed by atoms with E-state index in [1.54, 1.807) is 24.3 Å². The van der Waals surface area contributed by atoms with Crippen LogP contribution in [0.25, 0.3) is 0 Å². The van der Waals surface area contributed by atoms with Crippen LogP contribution in [-0.4, -0.2) is 18.9 Å². The van der Waals surface area contributed by atoms with Crippen LogP contribution in [0.2, 0.25) is 0 Å². The third kappa shape index (κ3) is 4.08. The first kappa shape index (κ1) is 14.0. The molecular formula is C13H18N2O3. The summed E-state index contributed by atoms with van der Waals surface area (Å²) in [4.78, 5) is 23.1. The van der Waals surface area contributed by atoms with E-state index in [4.69, 9.17) is 4.74 Å². The molecule has 98 valence electrons. The van der Waals surface area contributed by atoms with Crippen LogP contribution in [0.1, 0.15) is 36.5 Å². The molecule has 0 aromatic heterocycles. The van der Waals surface area contributed by atoms with Crippen molar-refractivity contribution in [2.24, 2.45) is 0 Å². The highest BCUT2D eigenvalue weighted by Crippen LogP contribution is 2.16. The van der Waals surface area contributed by atoms with E-state index in [9.17, 15) is 9.59 Å². The molecule has 18 heavy (non-hydrogen) atoms. The molecule has 0 spiro atoms. The number of hydrazine groups is 1. The molecule has 0 saturated carbocycles. The minimum atomic E-state index is -0.391. The summed E-state index contributed by atoms with van der Waals surface area (Å²) in [7, 11) is 1.49. The highest BCUT2D eigenvalue weighted by atomic mass is 16.5. The molecule has 0 radical (unpaired) electrons. The van der Waals surface area contributed by atoms with Crippen molar-refractivity contribution < 1.29 is 14.3 Å². The minimum Gasteiger partial charge on any atom is -0.496 e. The third-order valence-corrected chi connectivity index (χ3v) is 2.42. The molecule has 0 aliphatic rings. The molecular weight excluding hydrogens is 232 g/mol. The summed E-state index contributed by atoms with van der Waals surface area (Å²) in [6, 6.07) is 6.83. The van der Waals surface area contributed by atoms with E-state index in [1.807, 2.05) is 6.92 Å². The number of para-hydroxylation sites is 1. The van der Waals surface area contributed by atoms with E-state index >= 15 is 0 Å². The Kier molecular flexibility index (Phi) is 5.70.